The summed E-state index contributed by atoms with van der Waals surface area (Å²) in [5.41, 5.74) is 9.18. The zero-order chi connectivity index (χ0) is 19.3. The molecule has 0 saturated heterocycles. The second-order valence-corrected chi connectivity index (χ2v) is 6.64. The van der Waals surface area contributed by atoms with Crippen LogP contribution in [0.25, 0.3) is 6.08 Å². The summed E-state index contributed by atoms with van der Waals surface area (Å²) in [5, 5.41) is 0. The van der Waals surface area contributed by atoms with E-state index in [9.17, 15) is 4.79 Å². The molecule has 1 amide bonds. The van der Waals surface area contributed by atoms with E-state index in [4.69, 9.17) is 10.5 Å². The third-order valence-corrected chi connectivity index (χ3v) is 4.61. The molecule has 2 N–H and O–H groups in total. The monoisotopic (exact) mass is 371 g/mol. The quantitative estimate of drug-likeness (QED) is 0.542. The van der Waals surface area contributed by atoms with Gasteiger partial charge in [-0.25, -0.2) is 0 Å². The molecule has 0 atom stereocenters. The van der Waals surface area contributed by atoms with Gasteiger partial charge < -0.3 is 15.4 Å². The van der Waals surface area contributed by atoms with Crippen LogP contribution in [0.4, 0.5) is 11.4 Å². The third kappa shape index (κ3) is 3.88. The minimum Gasteiger partial charge on any atom is -0.449 e. The first-order valence-corrected chi connectivity index (χ1v) is 9.26. The average Bonchev–Trinajstić information content (AvgIpc) is 2.72. The van der Waals surface area contributed by atoms with Gasteiger partial charge in [0.05, 0.1) is 11.4 Å². The lowest BCUT2D eigenvalue weighted by molar-refractivity contribution is -0.117. The average molecular weight is 371 g/mol. The first-order valence-electron chi connectivity index (χ1n) is 9.26. The van der Waals surface area contributed by atoms with E-state index in [-0.39, 0.29) is 11.7 Å². The number of pyridine rings is 1. The van der Waals surface area contributed by atoms with Gasteiger partial charge in [0.15, 0.2) is 11.5 Å². The van der Waals surface area contributed by atoms with E-state index in [1.807, 2.05) is 42.5 Å². The van der Waals surface area contributed by atoms with Crippen molar-refractivity contribution in [2.45, 2.75) is 12.8 Å². The molecule has 2 aromatic carbocycles. The number of ether oxygens (including phenoxy) is 1. The van der Waals surface area contributed by atoms with Crippen molar-refractivity contribution < 1.29 is 9.53 Å². The van der Waals surface area contributed by atoms with Gasteiger partial charge >= 0.3 is 0 Å². The topological polar surface area (TPSA) is 68.5 Å². The van der Waals surface area contributed by atoms with Crippen molar-refractivity contribution in [2.75, 3.05) is 17.2 Å². The Morgan fingerprint density at radius 3 is 2.64 bits per heavy atom. The van der Waals surface area contributed by atoms with Gasteiger partial charge in [-0.05, 0) is 42.7 Å². The first-order chi connectivity index (χ1) is 13.7. The van der Waals surface area contributed by atoms with E-state index < -0.39 is 0 Å². The van der Waals surface area contributed by atoms with Crippen LogP contribution in [0.5, 0.6) is 5.75 Å². The minimum absolute atomic E-state index is 0.170. The van der Waals surface area contributed by atoms with E-state index in [1.54, 1.807) is 29.3 Å². The summed E-state index contributed by atoms with van der Waals surface area (Å²) in [5.74, 6) is 0.661. The van der Waals surface area contributed by atoms with Crippen molar-refractivity contribution >= 4 is 23.4 Å². The Balaban J connectivity index is 1.60. The van der Waals surface area contributed by atoms with E-state index in [0.29, 0.717) is 23.7 Å². The number of hydrogen-bond donors (Lipinski definition) is 1. The van der Waals surface area contributed by atoms with Gasteiger partial charge in [0, 0.05) is 30.6 Å². The van der Waals surface area contributed by atoms with Crippen LogP contribution >= 0.6 is 0 Å². The Morgan fingerprint density at radius 2 is 1.86 bits per heavy atom. The molecule has 0 unspecified atom stereocenters. The lowest BCUT2D eigenvalue weighted by atomic mass is 10.1. The second kappa shape index (κ2) is 7.96. The van der Waals surface area contributed by atoms with Crippen LogP contribution < -0.4 is 15.4 Å². The predicted molar refractivity (Wildman–Crippen MR) is 111 cm³/mol. The maximum atomic E-state index is 13.1. The molecular formula is C23H21N3O2. The Hall–Kier alpha value is -3.60. The highest BCUT2D eigenvalue weighted by Crippen LogP contribution is 2.37. The largest absolute Gasteiger partial charge is 0.449 e. The number of aryl methyl sites for hydroxylation is 1. The molecule has 2 heterocycles. The lowest BCUT2D eigenvalue weighted by Gasteiger charge is -2.30. The van der Waals surface area contributed by atoms with Gasteiger partial charge in [-0.2, -0.15) is 0 Å². The van der Waals surface area contributed by atoms with Crippen LogP contribution in [-0.4, -0.2) is 17.4 Å². The van der Waals surface area contributed by atoms with Gasteiger partial charge in [-0.15, -0.1) is 0 Å². The molecule has 3 aromatic rings. The molecule has 1 aliphatic rings. The molecule has 0 fully saturated rings. The number of fused-ring (bicyclic) bond motifs is 1. The number of benzene rings is 2. The van der Waals surface area contributed by atoms with E-state index >= 15 is 0 Å². The Kier molecular flexibility index (Phi) is 5.06. The number of hydrogen-bond acceptors (Lipinski definition) is 4. The van der Waals surface area contributed by atoms with Gasteiger partial charge in [-0.1, -0.05) is 36.4 Å². The molecule has 0 aliphatic carbocycles. The maximum Gasteiger partial charge on any atom is 0.294 e. The number of nitrogen functional groups attached to an aromatic ring is 1. The van der Waals surface area contributed by atoms with Crippen molar-refractivity contribution in [1.29, 1.82) is 0 Å². The number of nitrogens with zero attached hydrogens (tertiary/aromatic N) is 2. The number of amides is 1. The zero-order valence-electron chi connectivity index (χ0n) is 15.4. The van der Waals surface area contributed by atoms with Gasteiger partial charge in [0.2, 0.25) is 0 Å². The highest BCUT2D eigenvalue weighted by atomic mass is 16.5. The molecule has 0 spiro atoms. The molecule has 28 heavy (non-hydrogen) atoms. The molecule has 1 aromatic heterocycles. The number of carbonyl (C=O) groups is 1. The van der Waals surface area contributed by atoms with Crippen molar-refractivity contribution in [1.82, 2.24) is 4.98 Å². The molecule has 140 valence electrons. The summed E-state index contributed by atoms with van der Waals surface area (Å²) in [6.07, 6.45) is 5.09. The van der Waals surface area contributed by atoms with Crippen molar-refractivity contribution in [3.8, 4) is 5.75 Å². The van der Waals surface area contributed by atoms with Crippen molar-refractivity contribution in [3.63, 3.8) is 0 Å². The Bertz CT molecular complexity index is 1000. The van der Waals surface area contributed by atoms with Crippen LogP contribution in [0.2, 0.25) is 0 Å². The normalized spacial score (nSPS) is 14.6. The van der Waals surface area contributed by atoms with Crippen molar-refractivity contribution in [3.05, 3.63) is 89.9 Å². The summed E-state index contributed by atoms with van der Waals surface area (Å²) in [4.78, 5) is 19.1. The SMILES string of the molecule is Nc1ccc2c(c1)O/C(=C/c1ccccn1)C(=O)N2CCCc1ccccc1. The van der Waals surface area contributed by atoms with Crippen molar-refractivity contribution in [2.24, 2.45) is 0 Å². The van der Waals surface area contributed by atoms with Gasteiger partial charge in [-0.3, -0.25) is 9.78 Å². The fourth-order valence-electron chi connectivity index (χ4n) is 3.23. The highest BCUT2D eigenvalue weighted by molar-refractivity contribution is 6.09. The molecular weight excluding hydrogens is 350 g/mol. The minimum atomic E-state index is -0.170. The van der Waals surface area contributed by atoms with Crippen LogP contribution in [0.15, 0.2) is 78.7 Å². The Morgan fingerprint density at radius 1 is 1.04 bits per heavy atom. The number of anilines is 2. The molecule has 0 radical (unpaired) electrons. The smallest absolute Gasteiger partial charge is 0.294 e. The maximum absolute atomic E-state index is 13.1. The molecule has 5 nitrogen and oxygen atoms in total. The first kappa shape index (κ1) is 17.8. The standard InChI is InChI=1S/C23H21N3O2/c24-18-11-12-20-21(15-18)28-22(16-19-10-4-5-13-25-19)23(27)26(20)14-6-9-17-7-2-1-3-8-17/h1-5,7-8,10-13,15-16H,6,9,14,24H2/b22-16+. The zero-order valence-corrected chi connectivity index (χ0v) is 15.4. The van der Waals surface area contributed by atoms with E-state index in [0.717, 1.165) is 18.5 Å². The molecule has 0 bridgehead atoms. The fourth-order valence-corrected chi connectivity index (χ4v) is 3.23. The number of rotatable bonds is 5. The van der Waals surface area contributed by atoms with Crippen LogP contribution in [-0.2, 0) is 11.2 Å². The summed E-state index contributed by atoms with van der Waals surface area (Å²) in [6, 6.07) is 21.2. The highest BCUT2D eigenvalue weighted by Gasteiger charge is 2.30. The van der Waals surface area contributed by atoms with E-state index in [2.05, 4.69) is 17.1 Å². The van der Waals surface area contributed by atoms with Crippen LogP contribution in [0, 0.1) is 0 Å². The molecule has 5 heteroatoms. The number of nitrogens with two attached hydrogens (primary N) is 1. The summed E-state index contributed by atoms with van der Waals surface area (Å²) >= 11 is 0. The molecule has 1 aliphatic heterocycles. The summed E-state index contributed by atoms with van der Waals surface area (Å²) < 4.78 is 5.87. The van der Waals surface area contributed by atoms with Gasteiger partial charge in [0.25, 0.3) is 5.91 Å². The summed E-state index contributed by atoms with van der Waals surface area (Å²) in [7, 11) is 0. The lowest BCUT2D eigenvalue weighted by Crippen LogP contribution is -2.38. The molecule has 0 saturated carbocycles. The van der Waals surface area contributed by atoms with Crippen LogP contribution in [0.1, 0.15) is 17.7 Å². The third-order valence-electron chi connectivity index (χ3n) is 4.61. The second-order valence-electron chi connectivity index (χ2n) is 6.64. The van der Waals surface area contributed by atoms with Gasteiger partial charge in [0.1, 0.15) is 0 Å². The number of carbonyl (C=O) groups excluding carboxylic acids is 1. The van der Waals surface area contributed by atoms with E-state index in [1.165, 1.54) is 5.56 Å². The van der Waals surface area contributed by atoms with Crippen LogP contribution in [0.3, 0.4) is 0 Å². The Labute approximate surface area is 164 Å². The number of aromatic nitrogens is 1. The molecule has 4 rings (SSSR count). The summed E-state index contributed by atoms with van der Waals surface area (Å²) in [6.45, 7) is 0.591. The fraction of sp³-hybridized carbons (Fsp3) is 0.130. The predicted octanol–water partition coefficient (Wildman–Crippen LogP) is 4.06.